The van der Waals surface area contributed by atoms with Gasteiger partial charge < -0.3 is 10.7 Å². The van der Waals surface area contributed by atoms with Gasteiger partial charge in [0.05, 0.1) is 5.69 Å². The second-order valence-corrected chi connectivity index (χ2v) is 5.54. The minimum absolute atomic E-state index is 0.373. The smallest absolute Gasteiger partial charge is 0.220 e. The number of hydrogen-bond donors (Lipinski definition) is 2. The first-order valence-corrected chi connectivity index (χ1v) is 7.17. The van der Waals surface area contributed by atoms with Gasteiger partial charge >= 0.3 is 0 Å². The molecule has 0 saturated carbocycles. The van der Waals surface area contributed by atoms with Crippen LogP contribution in [0.25, 0.3) is 10.9 Å². The van der Waals surface area contributed by atoms with Crippen molar-refractivity contribution in [1.82, 2.24) is 19.9 Å². The van der Waals surface area contributed by atoms with Crippen molar-refractivity contribution in [3.8, 4) is 0 Å². The Balaban J connectivity index is 1.54. The van der Waals surface area contributed by atoms with Crippen LogP contribution in [0.4, 0.5) is 5.95 Å². The minimum atomic E-state index is 0.373. The molecular formula is C16H17N5. The summed E-state index contributed by atoms with van der Waals surface area (Å²) in [6, 6.07) is 10.6. The summed E-state index contributed by atoms with van der Waals surface area (Å²) in [4.78, 5) is 14.3. The second-order valence-electron chi connectivity index (χ2n) is 5.54. The number of nitrogens with two attached hydrogens (primary N) is 1. The number of aromatic nitrogens is 3. The molecule has 0 amide bonds. The summed E-state index contributed by atoms with van der Waals surface area (Å²) in [5.41, 5.74) is 10.4. The molecule has 2 aromatic heterocycles. The molecule has 1 aliphatic rings. The van der Waals surface area contributed by atoms with Gasteiger partial charge in [0.15, 0.2) is 0 Å². The van der Waals surface area contributed by atoms with Crippen molar-refractivity contribution < 1.29 is 0 Å². The molecule has 3 aromatic rings. The standard InChI is InChI=1S/C16H17N5/c17-16-18-8-12-9-21(6-5-15(12)20-16)10-13-7-11-3-1-2-4-14(11)19-13/h1-4,7-8,19H,5-6,9-10H2,(H2,17,18,20). The molecule has 21 heavy (non-hydrogen) atoms. The van der Waals surface area contributed by atoms with Crippen LogP contribution < -0.4 is 5.73 Å². The monoisotopic (exact) mass is 279 g/mol. The van der Waals surface area contributed by atoms with Crippen molar-refractivity contribution in [3.05, 3.63) is 53.5 Å². The molecular weight excluding hydrogens is 262 g/mol. The largest absolute Gasteiger partial charge is 0.368 e. The van der Waals surface area contributed by atoms with Gasteiger partial charge in [-0.15, -0.1) is 0 Å². The van der Waals surface area contributed by atoms with Crippen LogP contribution in [0.5, 0.6) is 0 Å². The van der Waals surface area contributed by atoms with E-state index in [-0.39, 0.29) is 0 Å². The van der Waals surface area contributed by atoms with E-state index in [1.54, 1.807) is 0 Å². The zero-order valence-electron chi connectivity index (χ0n) is 11.7. The highest BCUT2D eigenvalue weighted by Crippen LogP contribution is 2.21. The fourth-order valence-corrected chi connectivity index (χ4v) is 2.98. The molecule has 0 radical (unpaired) electrons. The van der Waals surface area contributed by atoms with Crippen LogP contribution >= 0.6 is 0 Å². The van der Waals surface area contributed by atoms with E-state index in [4.69, 9.17) is 5.73 Å². The van der Waals surface area contributed by atoms with Gasteiger partial charge in [0.1, 0.15) is 0 Å². The number of fused-ring (bicyclic) bond motifs is 2. The van der Waals surface area contributed by atoms with E-state index in [2.05, 4.69) is 50.2 Å². The molecule has 0 spiro atoms. The van der Waals surface area contributed by atoms with E-state index >= 15 is 0 Å². The van der Waals surface area contributed by atoms with Crippen LogP contribution in [0.2, 0.25) is 0 Å². The Hall–Kier alpha value is -2.40. The average molecular weight is 279 g/mol. The van der Waals surface area contributed by atoms with Gasteiger partial charge in [-0.2, -0.15) is 0 Å². The molecule has 0 aliphatic carbocycles. The van der Waals surface area contributed by atoms with E-state index in [9.17, 15) is 0 Å². The Labute approximate surface area is 122 Å². The van der Waals surface area contributed by atoms with Gasteiger partial charge in [-0.1, -0.05) is 18.2 Å². The molecule has 3 N–H and O–H groups in total. The Kier molecular flexibility index (Phi) is 2.86. The van der Waals surface area contributed by atoms with E-state index < -0.39 is 0 Å². The van der Waals surface area contributed by atoms with Crippen LogP contribution in [0.15, 0.2) is 36.5 Å². The van der Waals surface area contributed by atoms with Gasteiger partial charge in [-0.25, -0.2) is 9.97 Å². The Morgan fingerprint density at radius 2 is 2.19 bits per heavy atom. The predicted molar refractivity (Wildman–Crippen MR) is 82.6 cm³/mol. The Morgan fingerprint density at radius 3 is 3.10 bits per heavy atom. The lowest BCUT2D eigenvalue weighted by Crippen LogP contribution is -2.31. The van der Waals surface area contributed by atoms with E-state index in [0.29, 0.717) is 5.95 Å². The van der Waals surface area contributed by atoms with Crippen LogP contribution in [-0.2, 0) is 19.5 Å². The van der Waals surface area contributed by atoms with Crippen LogP contribution in [-0.4, -0.2) is 26.4 Å². The summed E-state index contributed by atoms with van der Waals surface area (Å²) in [7, 11) is 0. The Morgan fingerprint density at radius 1 is 1.29 bits per heavy atom. The van der Waals surface area contributed by atoms with Crippen molar-refractivity contribution in [3.63, 3.8) is 0 Å². The second kappa shape index (κ2) is 4.86. The number of H-pyrrole nitrogens is 1. The SMILES string of the molecule is Nc1ncc2c(n1)CCN(Cc1cc3ccccc3[nH]1)C2. The Bertz CT molecular complexity index is 759. The number of para-hydroxylation sites is 1. The van der Waals surface area contributed by atoms with Gasteiger partial charge in [-0.05, 0) is 17.5 Å². The molecule has 0 fully saturated rings. The summed E-state index contributed by atoms with van der Waals surface area (Å²) in [6.07, 6.45) is 2.79. The summed E-state index contributed by atoms with van der Waals surface area (Å²) < 4.78 is 0. The lowest BCUT2D eigenvalue weighted by molar-refractivity contribution is 0.240. The van der Waals surface area contributed by atoms with E-state index in [1.807, 2.05) is 6.20 Å². The number of rotatable bonds is 2. The lowest BCUT2D eigenvalue weighted by atomic mass is 10.1. The molecule has 106 valence electrons. The molecule has 0 unspecified atom stereocenters. The van der Waals surface area contributed by atoms with Gasteiger partial charge in [0.25, 0.3) is 0 Å². The number of nitrogen functional groups attached to an aromatic ring is 1. The summed E-state index contributed by atoms with van der Waals surface area (Å²) in [5.74, 6) is 0.373. The van der Waals surface area contributed by atoms with Crippen LogP contribution in [0.1, 0.15) is 17.0 Å². The maximum absolute atomic E-state index is 5.64. The van der Waals surface area contributed by atoms with Crippen LogP contribution in [0, 0.1) is 0 Å². The van der Waals surface area contributed by atoms with E-state index in [0.717, 1.165) is 31.7 Å². The molecule has 1 aliphatic heterocycles. The predicted octanol–water partition coefficient (Wildman–Crippen LogP) is 2.10. The normalized spacial score (nSPS) is 15.2. The average Bonchev–Trinajstić information content (AvgIpc) is 2.89. The number of anilines is 1. The van der Waals surface area contributed by atoms with Crippen LogP contribution in [0.3, 0.4) is 0 Å². The molecule has 0 saturated heterocycles. The summed E-state index contributed by atoms with van der Waals surface area (Å²) in [6.45, 7) is 2.79. The lowest BCUT2D eigenvalue weighted by Gasteiger charge is -2.27. The molecule has 0 atom stereocenters. The highest BCUT2D eigenvalue weighted by molar-refractivity contribution is 5.80. The minimum Gasteiger partial charge on any atom is -0.368 e. The van der Waals surface area contributed by atoms with Gasteiger partial charge in [0, 0.05) is 49.0 Å². The van der Waals surface area contributed by atoms with Crippen molar-refractivity contribution in [2.24, 2.45) is 0 Å². The fourth-order valence-electron chi connectivity index (χ4n) is 2.98. The summed E-state index contributed by atoms with van der Waals surface area (Å²) in [5, 5.41) is 1.26. The maximum Gasteiger partial charge on any atom is 0.220 e. The highest BCUT2D eigenvalue weighted by atomic mass is 15.1. The van der Waals surface area contributed by atoms with Crippen molar-refractivity contribution in [2.45, 2.75) is 19.5 Å². The number of benzene rings is 1. The zero-order valence-corrected chi connectivity index (χ0v) is 11.7. The number of aromatic amines is 1. The molecule has 0 bridgehead atoms. The zero-order chi connectivity index (χ0) is 14.2. The van der Waals surface area contributed by atoms with Crippen molar-refractivity contribution in [1.29, 1.82) is 0 Å². The van der Waals surface area contributed by atoms with E-state index in [1.165, 1.54) is 22.2 Å². The number of hydrogen-bond acceptors (Lipinski definition) is 4. The molecule has 4 rings (SSSR count). The number of nitrogens with one attached hydrogen (secondary N) is 1. The first kappa shape index (κ1) is 12.3. The molecule has 1 aromatic carbocycles. The van der Waals surface area contributed by atoms with Crippen molar-refractivity contribution >= 4 is 16.9 Å². The van der Waals surface area contributed by atoms with Gasteiger partial charge in [0.2, 0.25) is 5.95 Å². The molecule has 5 nitrogen and oxygen atoms in total. The quantitative estimate of drug-likeness (QED) is 0.753. The third-order valence-electron chi connectivity index (χ3n) is 4.01. The first-order valence-electron chi connectivity index (χ1n) is 7.17. The van der Waals surface area contributed by atoms with Crippen molar-refractivity contribution in [2.75, 3.05) is 12.3 Å². The highest BCUT2D eigenvalue weighted by Gasteiger charge is 2.18. The third kappa shape index (κ3) is 2.36. The fraction of sp³-hybridized carbons (Fsp3) is 0.250. The molecule has 5 heteroatoms. The first-order chi connectivity index (χ1) is 10.3. The maximum atomic E-state index is 5.64. The van der Waals surface area contributed by atoms with Gasteiger partial charge in [-0.3, -0.25) is 4.90 Å². The topological polar surface area (TPSA) is 70.8 Å². The molecule has 3 heterocycles. The third-order valence-corrected chi connectivity index (χ3v) is 4.01. The number of nitrogens with zero attached hydrogens (tertiary/aromatic N) is 3. The summed E-state index contributed by atoms with van der Waals surface area (Å²) >= 11 is 0.